The molecular weight excluding hydrogens is 494 g/mol. The summed E-state index contributed by atoms with van der Waals surface area (Å²) in [5.41, 5.74) is 3.57. The molecular formula is C23H29N3O7S2. The largest absolute Gasteiger partial charge is 0.453 e. The average Bonchev–Trinajstić information content (AvgIpc) is 3.36. The van der Waals surface area contributed by atoms with E-state index in [2.05, 4.69) is 20.5 Å². The summed E-state index contributed by atoms with van der Waals surface area (Å²) in [5.74, 6) is -0.467. The minimum atomic E-state index is -3.60. The third-order valence-corrected chi connectivity index (χ3v) is 10.3. The lowest BCUT2D eigenvalue weighted by molar-refractivity contribution is -0.200. The van der Waals surface area contributed by atoms with E-state index in [1.165, 1.54) is 24.6 Å². The highest BCUT2D eigenvalue weighted by atomic mass is 32.2. The van der Waals surface area contributed by atoms with Gasteiger partial charge in [-0.1, -0.05) is 6.42 Å². The number of methoxy groups -OCH3 is 1. The molecule has 2 N–H and O–H groups in total. The molecule has 0 bridgehead atoms. The minimum absolute atomic E-state index is 0.0280. The van der Waals surface area contributed by atoms with E-state index in [9.17, 15) is 18.0 Å². The van der Waals surface area contributed by atoms with Crippen LogP contribution in [0.2, 0.25) is 0 Å². The molecule has 12 heteroatoms. The van der Waals surface area contributed by atoms with Gasteiger partial charge in [-0.3, -0.25) is 15.1 Å². The van der Waals surface area contributed by atoms with Crippen LogP contribution in [0.3, 0.4) is 0 Å². The highest BCUT2D eigenvalue weighted by Gasteiger charge is 2.49. The Kier molecular flexibility index (Phi) is 8.05. The van der Waals surface area contributed by atoms with Crippen LogP contribution in [0.15, 0.2) is 30.6 Å². The standard InChI is InChI=1S/C23H29N3O7S2/c1-31-22(28)25-17-12-16(14-24-15-17)18-7-8-19(34-18)23(9-3-5-11-35(23,29)30)13-20(27)26-33-21-6-2-4-10-32-21/h7-8,12,14-15,21H,2-6,9-11,13H2,1H3,(H,25,28)(H,26,27)/t21?,23-/m0/s1. The van der Waals surface area contributed by atoms with Gasteiger partial charge < -0.3 is 9.47 Å². The molecule has 2 aromatic heterocycles. The molecule has 2 atom stereocenters. The Labute approximate surface area is 208 Å². The van der Waals surface area contributed by atoms with Gasteiger partial charge in [-0.05, 0) is 43.9 Å². The number of aromatic nitrogens is 1. The summed E-state index contributed by atoms with van der Waals surface area (Å²) >= 11 is 1.31. The number of carbonyl (C=O) groups excluding carboxylic acids is 2. The smallest absolute Gasteiger partial charge is 0.411 e. The predicted octanol–water partition coefficient (Wildman–Crippen LogP) is 3.75. The Balaban J connectivity index is 1.57. The van der Waals surface area contributed by atoms with Crippen LogP contribution >= 0.6 is 11.3 Å². The van der Waals surface area contributed by atoms with Crippen LogP contribution in [0.1, 0.15) is 49.8 Å². The lowest BCUT2D eigenvalue weighted by Crippen LogP contribution is -2.45. The molecule has 1 unspecified atom stereocenters. The van der Waals surface area contributed by atoms with Crippen molar-refractivity contribution in [2.24, 2.45) is 0 Å². The van der Waals surface area contributed by atoms with Crippen LogP contribution in [0.4, 0.5) is 10.5 Å². The normalized spacial score (nSPS) is 23.9. The second-order valence-corrected chi connectivity index (χ2v) is 12.1. The van der Waals surface area contributed by atoms with Crippen LogP contribution < -0.4 is 10.8 Å². The monoisotopic (exact) mass is 523 g/mol. The molecule has 2 aliphatic heterocycles. The van der Waals surface area contributed by atoms with Crippen molar-refractivity contribution in [3.05, 3.63) is 35.5 Å². The van der Waals surface area contributed by atoms with Crippen molar-refractivity contribution in [2.75, 3.05) is 24.8 Å². The van der Waals surface area contributed by atoms with Gasteiger partial charge in [0.2, 0.25) is 5.91 Å². The molecule has 2 aromatic rings. The zero-order valence-electron chi connectivity index (χ0n) is 19.4. The molecule has 2 amide bonds. The van der Waals surface area contributed by atoms with Gasteiger partial charge in [0.15, 0.2) is 16.1 Å². The van der Waals surface area contributed by atoms with E-state index in [-0.39, 0.29) is 12.2 Å². The van der Waals surface area contributed by atoms with Crippen LogP contribution in [0.5, 0.6) is 0 Å². The molecule has 0 saturated carbocycles. The van der Waals surface area contributed by atoms with E-state index in [0.717, 1.165) is 17.7 Å². The second-order valence-electron chi connectivity index (χ2n) is 8.63. The molecule has 4 heterocycles. The summed E-state index contributed by atoms with van der Waals surface area (Å²) in [6.07, 6.45) is 5.95. The van der Waals surface area contributed by atoms with Gasteiger partial charge >= 0.3 is 6.09 Å². The maximum absolute atomic E-state index is 13.4. The summed E-state index contributed by atoms with van der Waals surface area (Å²) in [4.78, 5) is 35.3. The number of hydroxylamine groups is 1. The number of hydrogen-bond acceptors (Lipinski definition) is 9. The van der Waals surface area contributed by atoms with Crippen molar-refractivity contribution >= 4 is 38.9 Å². The topological polar surface area (TPSA) is 133 Å². The van der Waals surface area contributed by atoms with Crippen molar-refractivity contribution in [2.45, 2.75) is 56.0 Å². The van der Waals surface area contributed by atoms with E-state index < -0.39 is 32.9 Å². The molecule has 2 saturated heterocycles. The Morgan fingerprint density at radius 2 is 2.09 bits per heavy atom. The summed E-state index contributed by atoms with van der Waals surface area (Å²) in [6, 6.07) is 5.31. The van der Waals surface area contributed by atoms with E-state index in [1.54, 1.807) is 18.3 Å². The molecule has 0 spiro atoms. The zero-order chi connectivity index (χ0) is 24.9. The number of amides is 2. The number of anilines is 1. The zero-order valence-corrected chi connectivity index (χ0v) is 21.1. The number of nitrogens with one attached hydrogen (secondary N) is 2. The van der Waals surface area contributed by atoms with E-state index in [1.807, 2.05) is 6.07 Å². The number of ether oxygens (including phenoxy) is 2. The fourth-order valence-corrected chi connectivity index (χ4v) is 8.16. The van der Waals surface area contributed by atoms with Crippen molar-refractivity contribution in [1.82, 2.24) is 10.5 Å². The molecule has 35 heavy (non-hydrogen) atoms. The van der Waals surface area contributed by atoms with Crippen LogP contribution in [0, 0.1) is 0 Å². The average molecular weight is 524 g/mol. The highest BCUT2D eigenvalue weighted by molar-refractivity contribution is 7.92. The van der Waals surface area contributed by atoms with E-state index in [4.69, 9.17) is 9.57 Å². The Morgan fingerprint density at radius 1 is 1.23 bits per heavy atom. The Bertz CT molecular complexity index is 1160. The Hall–Kier alpha value is -2.54. The number of hydrogen-bond donors (Lipinski definition) is 2. The highest BCUT2D eigenvalue weighted by Crippen LogP contribution is 2.47. The van der Waals surface area contributed by atoms with Crippen molar-refractivity contribution in [1.29, 1.82) is 0 Å². The lowest BCUT2D eigenvalue weighted by atomic mass is 9.94. The summed E-state index contributed by atoms with van der Waals surface area (Å²) in [5, 5.41) is 2.57. The number of nitrogens with zero attached hydrogens (tertiary/aromatic N) is 1. The number of sulfone groups is 1. The van der Waals surface area contributed by atoms with Crippen molar-refractivity contribution in [3.63, 3.8) is 0 Å². The van der Waals surface area contributed by atoms with Gasteiger partial charge in [0.25, 0.3) is 0 Å². The molecule has 190 valence electrons. The van der Waals surface area contributed by atoms with E-state index in [0.29, 0.717) is 48.4 Å². The third kappa shape index (κ3) is 5.83. The molecule has 0 aliphatic carbocycles. The molecule has 0 radical (unpaired) electrons. The molecule has 2 aliphatic rings. The summed E-state index contributed by atoms with van der Waals surface area (Å²) in [6.45, 7) is 0.571. The molecule has 2 fully saturated rings. The SMILES string of the molecule is COC(=O)Nc1cncc(-c2ccc([C@@]3(CC(=O)NOC4CCCCO4)CCCCS3(=O)=O)s2)c1. The second kappa shape index (κ2) is 11.0. The lowest BCUT2D eigenvalue weighted by Gasteiger charge is -2.35. The first-order valence-corrected chi connectivity index (χ1v) is 14.0. The van der Waals surface area contributed by atoms with Gasteiger partial charge in [0, 0.05) is 34.5 Å². The first kappa shape index (κ1) is 25.5. The number of carbonyl (C=O) groups is 2. The quantitative estimate of drug-likeness (QED) is 0.525. The van der Waals surface area contributed by atoms with Gasteiger partial charge in [0.05, 0.1) is 31.2 Å². The number of thiophene rings is 1. The fraction of sp³-hybridized carbons (Fsp3) is 0.522. The third-order valence-electron chi connectivity index (χ3n) is 6.24. The van der Waals surface area contributed by atoms with Crippen LogP contribution in [-0.2, 0) is 33.7 Å². The first-order chi connectivity index (χ1) is 16.8. The van der Waals surface area contributed by atoms with Crippen molar-refractivity contribution < 1.29 is 32.3 Å². The molecule has 4 rings (SSSR count). The summed E-state index contributed by atoms with van der Waals surface area (Å²) < 4.78 is 35.5. The maximum atomic E-state index is 13.4. The maximum Gasteiger partial charge on any atom is 0.411 e. The predicted molar refractivity (Wildman–Crippen MR) is 130 cm³/mol. The van der Waals surface area contributed by atoms with Crippen molar-refractivity contribution in [3.8, 4) is 10.4 Å². The Morgan fingerprint density at radius 3 is 2.83 bits per heavy atom. The number of rotatable bonds is 7. The fourth-order valence-electron chi connectivity index (χ4n) is 4.40. The minimum Gasteiger partial charge on any atom is -0.453 e. The van der Waals surface area contributed by atoms with Crippen LogP contribution in [-0.4, -0.2) is 51.2 Å². The van der Waals surface area contributed by atoms with Gasteiger partial charge in [-0.25, -0.2) is 23.5 Å². The van der Waals surface area contributed by atoms with Gasteiger partial charge in [-0.2, -0.15) is 0 Å². The first-order valence-electron chi connectivity index (χ1n) is 11.5. The van der Waals surface area contributed by atoms with Crippen LogP contribution in [0.25, 0.3) is 10.4 Å². The summed E-state index contributed by atoms with van der Waals surface area (Å²) in [7, 11) is -2.33. The van der Waals surface area contributed by atoms with Gasteiger partial charge in [-0.15, -0.1) is 11.3 Å². The van der Waals surface area contributed by atoms with Gasteiger partial charge in [0.1, 0.15) is 4.75 Å². The van der Waals surface area contributed by atoms with E-state index >= 15 is 0 Å². The molecule has 10 nitrogen and oxygen atoms in total. The molecule has 0 aromatic carbocycles. The number of pyridine rings is 1.